The van der Waals surface area contributed by atoms with E-state index in [9.17, 15) is 0 Å². The summed E-state index contributed by atoms with van der Waals surface area (Å²) in [6.07, 6.45) is 3.64. The van der Waals surface area contributed by atoms with Crippen LogP contribution in [-0.4, -0.2) is 40.6 Å². The van der Waals surface area contributed by atoms with E-state index in [0.29, 0.717) is 6.04 Å². The fourth-order valence-electron chi connectivity index (χ4n) is 1.91. The van der Waals surface area contributed by atoms with Gasteiger partial charge in [-0.25, -0.2) is 4.98 Å². The van der Waals surface area contributed by atoms with Crippen molar-refractivity contribution in [1.82, 2.24) is 20.1 Å². The van der Waals surface area contributed by atoms with Crippen molar-refractivity contribution >= 4 is 0 Å². The maximum absolute atomic E-state index is 5.48. The zero-order valence-corrected chi connectivity index (χ0v) is 10.6. The number of methoxy groups -OCH3 is 1. The number of likely N-dealkylation sites (N-methyl/N-ethyl adjacent to an activating group) is 1. The van der Waals surface area contributed by atoms with Crippen LogP contribution in [0.4, 0.5) is 0 Å². The smallest absolute Gasteiger partial charge is 0.138 e. The second-order valence-corrected chi connectivity index (χ2v) is 3.85. The van der Waals surface area contributed by atoms with E-state index in [4.69, 9.17) is 4.74 Å². The van der Waals surface area contributed by atoms with Gasteiger partial charge in [0.25, 0.3) is 0 Å². The number of rotatable bonds is 7. The van der Waals surface area contributed by atoms with E-state index in [-0.39, 0.29) is 6.10 Å². The molecular formula is C11H22N4O. The molecule has 16 heavy (non-hydrogen) atoms. The second-order valence-electron chi connectivity index (χ2n) is 3.85. The summed E-state index contributed by atoms with van der Waals surface area (Å²) in [7, 11) is 3.67. The van der Waals surface area contributed by atoms with Gasteiger partial charge in [0.1, 0.15) is 12.2 Å². The minimum absolute atomic E-state index is 0.219. The van der Waals surface area contributed by atoms with Gasteiger partial charge in [-0.3, -0.25) is 4.68 Å². The number of nitrogens with zero attached hydrogens (tertiary/aromatic N) is 3. The van der Waals surface area contributed by atoms with E-state index in [0.717, 1.165) is 25.2 Å². The van der Waals surface area contributed by atoms with Crippen LogP contribution < -0.4 is 5.32 Å². The lowest BCUT2D eigenvalue weighted by Gasteiger charge is -2.25. The molecule has 0 amide bonds. The molecule has 2 atom stereocenters. The van der Waals surface area contributed by atoms with Gasteiger partial charge in [0.05, 0.1) is 6.10 Å². The summed E-state index contributed by atoms with van der Waals surface area (Å²) in [5, 5.41) is 7.52. The molecule has 5 heteroatoms. The summed E-state index contributed by atoms with van der Waals surface area (Å²) < 4.78 is 7.30. The molecule has 0 spiro atoms. The van der Waals surface area contributed by atoms with Crippen molar-refractivity contribution in [3.63, 3.8) is 0 Å². The Labute approximate surface area is 97.2 Å². The van der Waals surface area contributed by atoms with Gasteiger partial charge in [0.2, 0.25) is 0 Å². The van der Waals surface area contributed by atoms with Gasteiger partial charge in [-0.1, -0.05) is 13.8 Å². The zero-order chi connectivity index (χ0) is 12.0. The van der Waals surface area contributed by atoms with Crippen molar-refractivity contribution in [2.75, 3.05) is 13.7 Å². The van der Waals surface area contributed by atoms with Crippen molar-refractivity contribution in [1.29, 1.82) is 0 Å². The Bertz CT molecular complexity index is 296. The number of aryl methyl sites for hydroxylation is 1. The molecule has 5 nitrogen and oxygen atoms in total. The molecule has 1 aromatic rings. The molecule has 1 rings (SSSR count). The first-order chi connectivity index (χ1) is 7.72. The Morgan fingerprint density at radius 1 is 1.50 bits per heavy atom. The molecule has 0 aromatic carbocycles. The van der Waals surface area contributed by atoms with Crippen molar-refractivity contribution in [3.8, 4) is 0 Å². The van der Waals surface area contributed by atoms with E-state index in [1.54, 1.807) is 13.4 Å². The van der Waals surface area contributed by atoms with E-state index in [2.05, 4.69) is 29.2 Å². The lowest BCUT2D eigenvalue weighted by molar-refractivity contribution is 0.0649. The molecule has 1 N–H and O–H groups in total. The molecule has 2 unspecified atom stereocenters. The highest BCUT2D eigenvalue weighted by Gasteiger charge is 2.20. The summed E-state index contributed by atoms with van der Waals surface area (Å²) in [4.78, 5) is 4.25. The minimum atomic E-state index is 0.219. The third-order valence-electron chi connectivity index (χ3n) is 2.83. The van der Waals surface area contributed by atoms with Gasteiger partial charge in [0.15, 0.2) is 0 Å². The summed E-state index contributed by atoms with van der Waals surface area (Å²) >= 11 is 0. The highest BCUT2D eigenvalue weighted by molar-refractivity contribution is 4.91. The first-order valence-electron chi connectivity index (χ1n) is 5.81. The Balaban J connectivity index is 2.67. The highest BCUT2D eigenvalue weighted by atomic mass is 16.5. The number of hydrogen-bond donors (Lipinski definition) is 1. The lowest BCUT2D eigenvalue weighted by atomic mass is 10.0. The third-order valence-corrected chi connectivity index (χ3v) is 2.83. The van der Waals surface area contributed by atoms with E-state index >= 15 is 0 Å². The zero-order valence-electron chi connectivity index (χ0n) is 10.6. The van der Waals surface area contributed by atoms with Crippen LogP contribution in [0.3, 0.4) is 0 Å². The van der Waals surface area contributed by atoms with Crippen molar-refractivity contribution in [2.24, 2.45) is 7.05 Å². The molecule has 0 aliphatic rings. The Morgan fingerprint density at radius 3 is 2.69 bits per heavy atom. The predicted molar refractivity (Wildman–Crippen MR) is 63.3 cm³/mol. The molecule has 0 saturated carbocycles. The average molecular weight is 226 g/mol. The summed E-state index contributed by atoms with van der Waals surface area (Å²) in [6, 6.07) is 0.294. The molecule has 0 bridgehead atoms. The van der Waals surface area contributed by atoms with Gasteiger partial charge in [-0.15, -0.1) is 0 Å². The molecular weight excluding hydrogens is 204 g/mol. The number of aromatic nitrogens is 3. The quantitative estimate of drug-likeness (QED) is 0.746. The molecule has 0 fully saturated rings. The topological polar surface area (TPSA) is 52.0 Å². The minimum Gasteiger partial charge on any atom is -0.380 e. The van der Waals surface area contributed by atoms with E-state index in [1.165, 1.54) is 0 Å². The van der Waals surface area contributed by atoms with Gasteiger partial charge < -0.3 is 10.1 Å². The van der Waals surface area contributed by atoms with Crippen LogP contribution in [-0.2, 0) is 18.2 Å². The first-order valence-corrected chi connectivity index (χ1v) is 5.81. The maximum atomic E-state index is 5.48. The molecule has 0 saturated heterocycles. The monoisotopic (exact) mass is 226 g/mol. The van der Waals surface area contributed by atoms with Crippen molar-refractivity contribution < 1.29 is 4.74 Å². The number of nitrogens with one attached hydrogen (secondary N) is 1. The number of ether oxygens (including phenoxy) is 1. The van der Waals surface area contributed by atoms with Crippen LogP contribution in [0, 0.1) is 0 Å². The average Bonchev–Trinajstić information content (AvgIpc) is 2.66. The highest BCUT2D eigenvalue weighted by Crippen LogP contribution is 2.08. The Kier molecular flexibility index (Phi) is 5.42. The van der Waals surface area contributed by atoms with Crippen LogP contribution in [0.2, 0.25) is 0 Å². The molecule has 0 aliphatic heterocycles. The summed E-state index contributed by atoms with van der Waals surface area (Å²) in [5.41, 5.74) is 0. The second kappa shape index (κ2) is 6.60. The van der Waals surface area contributed by atoms with Crippen molar-refractivity contribution in [3.05, 3.63) is 12.2 Å². The SMILES string of the molecule is CCNC(Cc1ncnn1C)C(CC)OC. The van der Waals surface area contributed by atoms with Crippen molar-refractivity contribution in [2.45, 2.75) is 38.8 Å². The van der Waals surface area contributed by atoms with Gasteiger partial charge in [0, 0.05) is 26.6 Å². The summed E-state index contributed by atoms with van der Waals surface area (Å²) in [6.45, 7) is 5.17. The van der Waals surface area contributed by atoms with Crippen LogP contribution in [0.25, 0.3) is 0 Å². The fraction of sp³-hybridized carbons (Fsp3) is 0.818. The van der Waals surface area contributed by atoms with Gasteiger partial charge >= 0.3 is 0 Å². The van der Waals surface area contributed by atoms with Gasteiger partial charge in [-0.2, -0.15) is 5.10 Å². The van der Waals surface area contributed by atoms with Crippen LogP contribution in [0.15, 0.2) is 6.33 Å². The van der Waals surface area contributed by atoms with E-state index in [1.807, 2.05) is 11.7 Å². The normalized spacial score (nSPS) is 15.0. The Hall–Kier alpha value is -0.940. The maximum Gasteiger partial charge on any atom is 0.138 e. The standard InChI is InChI=1S/C11H22N4O/c1-5-10(16-4)9(12-6-2)7-11-13-8-14-15(11)3/h8-10,12H,5-7H2,1-4H3. The Morgan fingerprint density at radius 2 is 2.25 bits per heavy atom. The van der Waals surface area contributed by atoms with E-state index < -0.39 is 0 Å². The van der Waals surface area contributed by atoms with Crippen LogP contribution >= 0.6 is 0 Å². The molecule has 0 aliphatic carbocycles. The predicted octanol–water partition coefficient (Wildman–Crippen LogP) is 0.761. The largest absolute Gasteiger partial charge is 0.380 e. The molecule has 1 heterocycles. The number of hydrogen-bond acceptors (Lipinski definition) is 4. The molecule has 0 radical (unpaired) electrons. The first kappa shape index (κ1) is 13.1. The van der Waals surface area contributed by atoms with Crippen LogP contribution in [0.5, 0.6) is 0 Å². The van der Waals surface area contributed by atoms with Crippen LogP contribution in [0.1, 0.15) is 26.1 Å². The molecule has 1 aromatic heterocycles. The fourth-order valence-corrected chi connectivity index (χ4v) is 1.91. The molecule has 92 valence electrons. The van der Waals surface area contributed by atoms with Gasteiger partial charge in [-0.05, 0) is 13.0 Å². The summed E-state index contributed by atoms with van der Waals surface area (Å²) in [5.74, 6) is 0.987. The third kappa shape index (κ3) is 3.28. The lowest BCUT2D eigenvalue weighted by Crippen LogP contribution is -2.42.